The molecule has 4 heterocycles. The third-order valence-corrected chi connectivity index (χ3v) is 5.65. The van der Waals surface area contributed by atoms with E-state index in [2.05, 4.69) is 20.2 Å². The maximum absolute atomic E-state index is 5.95. The largest absolute Gasteiger partial charge is 0.496 e. The van der Waals surface area contributed by atoms with Gasteiger partial charge in [-0.15, -0.1) is 10.2 Å². The fraction of sp³-hybridized carbons (Fsp3) is 0.231. The highest BCUT2D eigenvalue weighted by Gasteiger charge is 2.21. The van der Waals surface area contributed by atoms with E-state index in [0.717, 1.165) is 33.9 Å². The van der Waals surface area contributed by atoms with Crippen LogP contribution in [0.3, 0.4) is 0 Å². The minimum absolute atomic E-state index is 0.353. The molecular formula is C26H25N5O4. The molecule has 9 heteroatoms. The van der Waals surface area contributed by atoms with Crippen LogP contribution in [0.4, 0.5) is 0 Å². The Kier molecular flexibility index (Phi) is 6.05. The van der Waals surface area contributed by atoms with Gasteiger partial charge >= 0.3 is 0 Å². The molecule has 5 aromatic rings. The molecule has 0 bridgehead atoms. The van der Waals surface area contributed by atoms with Crippen LogP contribution in [-0.4, -0.2) is 38.8 Å². The van der Waals surface area contributed by atoms with Crippen molar-refractivity contribution in [1.29, 1.82) is 0 Å². The molecule has 5 rings (SSSR count). The van der Waals surface area contributed by atoms with Crippen LogP contribution in [0.1, 0.15) is 24.1 Å². The van der Waals surface area contributed by atoms with Gasteiger partial charge in [-0.3, -0.25) is 9.38 Å². The van der Waals surface area contributed by atoms with Gasteiger partial charge in [-0.25, -0.2) is 4.98 Å². The minimum atomic E-state index is 0.353. The molecule has 9 nitrogen and oxygen atoms in total. The van der Waals surface area contributed by atoms with E-state index in [1.54, 1.807) is 20.4 Å². The maximum atomic E-state index is 5.95. The number of benzene rings is 1. The van der Waals surface area contributed by atoms with Gasteiger partial charge in [-0.2, -0.15) is 0 Å². The zero-order valence-corrected chi connectivity index (χ0v) is 20.0. The minimum Gasteiger partial charge on any atom is -0.496 e. The van der Waals surface area contributed by atoms with Crippen molar-refractivity contribution < 1.29 is 18.6 Å². The van der Waals surface area contributed by atoms with Gasteiger partial charge in [0.1, 0.15) is 35.1 Å². The summed E-state index contributed by atoms with van der Waals surface area (Å²) in [6.45, 7) is 4.35. The fourth-order valence-electron chi connectivity index (χ4n) is 3.78. The molecule has 178 valence electrons. The summed E-state index contributed by atoms with van der Waals surface area (Å²) < 4.78 is 25.0. The number of rotatable bonds is 8. The summed E-state index contributed by atoms with van der Waals surface area (Å²) in [6.07, 6.45) is 6.20. The Labute approximate surface area is 202 Å². The lowest BCUT2D eigenvalue weighted by molar-refractivity contribution is 0.305. The third kappa shape index (κ3) is 4.40. The van der Waals surface area contributed by atoms with Crippen LogP contribution in [0.2, 0.25) is 0 Å². The monoisotopic (exact) mass is 471 g/mol. The lowest BCUT2D eigenvalue weighted by atomic mass is 10.1. The molecule has 0 N–H and O–H groups in total. The molecule has 0 aliphatic rings. The normalized spacial score (nSPS) is 11.1. The van der Waals surface area contributed by atoms with Crippen molar-refractivity contribution in [3.8, 4) is 40.0 Å². The SMILES string of the molecule is CCc1nnc(-c2c(OC)cc(-c3cnc4cc(OCc5ccc(C)nc5)ccn34)cc2OC)o1. The first kappa shape index (κ1) is 22.4. The molecule has 0 radical (unpaired) electrons. The Hall–Kier alpha value is -4.40. The Bertz CT molecular complexity index is 1450. The first-order valence-electron chi connectivity index (χ1n) is 11.2. The number of fused-ring (bicyclic) bond motifs is 1. The van der Waals surface area contributed by atoms with Gasteiger partial charge in [-0.1, -0.05) is 13.0 Å². The standard InChI is InChI=1S/C26H25N5O4/c1-5-24-29-30-26(35-24)25-21(32-3)10-18(11-22(25)33-4)20-14-28-23-12-19(8-9-31(20)23)34-15-17-7-6-16(2)27-13-17/h6-14H,5,15H2,1-4H3. The van der Waals surface area contributed by atoms with E-state index in [1.807, 2.05) is 67.0 Å². The van der Waals surface area contributed by atoms with Crippen LogP contribution < -0.4 is 14.2 Å². The molecule has 4 aromatic heterocycles. The van der Waals surface area contributed by atoms with E-state index in [9.17, 15) is 0 Å². The lowest BCUT2D eigenvalue weighted by Gasteiger charge is -2.13. The molecule has 35 heavy (non-hydrogen) atoms. The zero-order valence-electron chi connectivity index (χ0n) is 20.0. The molecule has 1 aromatic carbocycles. The second-order valence-corrected chi connectivity index (χ2v) is 7.94. The molecule has 0 fully saturated rings. The maximum Gasteiger partial charge on any atom is 0.255 e. The van der Waals surface area contributed by atoms with Crippen molar-refractivity contribution in [2.75, 3.05) is 14.2 Å². The van der Waals surface area contributed by atoms with Crippen molar-refractivity contribution in [3.63, 3.8) is 0 Å². The summed E-state index contributed by atoms with van der Waals surface area (Å²) in [5.74, 6) is 2.75. The highest BCUT2D eigenvalue weighted by atomic mass is 16.5. The second-order valence-electron chi connectivity index (χ2n) is 7.94. The average Bonchev–Trinajstić information content (AvgIpc) is 3.54. The first-order valence-corrected chi connectivity index (χ1v) is 11.2. The average molecular weight is 472 g/mol. The Balaban J connectivity index is 1.47. The summed E-state index contributed by atoms with van der Waals surface area (Å²) in [7, 11) is 3.20. The third-order valence-electron chi connectivity index (χ3n) is 5.65. The van der Waals surface area contributed by atoms with Crippen molar-refractivity contribution in [2.45, 2.75) is 26.9 Å². The van der Waals surface area contributed by atoms with E-state index in [0.29, 0.717) is 41.9 Å². The molecule has 0 aliphatic heterocycles. The zero-order chi connectivity index (χ0) is 24.4. The number of ether oxygens (including phenoxy) is 3. The van der Waals surface area contributed by atoms with Gasteiger partial charge in [0.25, 0.3) is 5.89 Å². The van der Waals surface area contributed by atoms with E-state index >= 15 is 0 Å². The topological polar surface area (TPSA) is 96.8 Å². The quantitative estimate of drug-likeness (QED) is 0.315. The van der Waals surface area contributed by atoms with Crippen LogP contribution >= 0.6 is 0 Å². The van der Waals surface area contributed by atoms with Gasteiger partial charge in [-0.05, 0) is 31.2 Å². The summed E-state index contributed by atoms with van der Waals surface area (Å²) in [4.78, 5) is 8.88. The predicted octanol–water partition coefficient (Wildman–Crippen LogP) is 4.91. The number of hydrogen-bond donors (Lipinski definition) is 0. The van der Waals surface area contributed by atoms with Crippen molar-refractivity contribution in [3.05, 3.63) is 72.1 Å². The highest BCUT2D eigenvalue weighted by molar-refractivity contribution is 5.78. The molecule has 0 saturated carbocycles. The van der Waals surface area contributed by atoms with Crippen molar-refractivity contribution >= 4 is 5.65 Å². The molecule has 0 spiro atoms. The summed E-state index contributed by atoms with van der Waals surface area (Å²) in [6, 6.07) is 11.6. The lowest BCUT2D eigenvalue weighted by Crippen LogP contribution is -1.98. The van der Waals surface area contributed by atoms with Crippen LogP contribution in [0.25, 0.3) is 28.4 Å². The number of hydrogen-bond acceptors (Lipinski definition) is 8. The van der Waals surface area contributed by atoms with Gasteiger partial charge < -0.3 is 18.6 Å². The van der Waals surface area contributed by atoms with Gasteiger partial charge in [0.15, 0.2) is 0 Å². The van der Waals surface area contributed by atoms with E-state index in [1.165, 1.54) is 0 Å². The fourth-order valence-corrected chi connectivity index (χ4v) is 3.78. The van der Waals surface area contributed by atoms with E-state index in [4.69, 9.17) is 18.6 Å². The molecule has 0 amide bonds. The summed E-state index contributed by atoms with van der Waals surface area (Å²) in [5, 5.41) is 8.22. The first-order chi connectivity index (χ1) is 17.1. The van der Waals surface area contributed by atoms with Crippen molar-refractivity contribution in [1.82, 2.24) is 24.6 Å². The molecule has 0 atom stereocenters. The van der Waals surface area contributed by atoms with Gasteiger partial charge in [0.05, 0.1) is 26.1 Å². The molecule has 0 unspecified atom stereocenters. The highest BCUT2D eigenvalue weighted by Crippen LogP contribution is 2.41. The summed E-state index contributed by atoms with van der Waals surface area (Å²) in [5.41, 5.74) is 5.09. The van der Waals surface area contributed by atoms with Gasteiger partial charge in [0.2, 0.25) is 5.89 Å². The smallest absolute Gasteiger partial charge is 0.255 e. The van der Waals surface area contributed by atoms with E-state index < -0.39 is 0 Å². The predicted molar refractivity (Wildman–Crippen MR) is 130 cm³/mol. The van der Waals surface area contributed by atoms with Crippen LogP contribution in [-0.2, 0) is 13.0 Å². The molecule has 0 saturated heterocycles. The number of nitrogens with zero attached hydrogens (tertiary/aromatic N) is 5. The van der Waals surface area contributed by atoms with Crippen molar-refractivity contribution in [2.24, 2.45) is 0 Å². The number of aromatic nitrogens is 5. The summed E-state index contributed by atoms with van der Waals surface area (Å²) >= 11 is 0. The van der Waals surface area contributed by atoms with E-state index in [-0.39, 0.29) is 0 Å². The van der Waals surface area contributed by atoms with Crippen LogP contribution in [0.15, 0.2) is 59.4 Å². The molecular weight excluding hydrogens is 446 g/mol. The van der Waals surface area contributed by atoms with Crippen LogP contribution in [0.5, 0.6) is 17.2 Å². The number of pyridine rings is 2. The van der Waals surface area contributed by atoms with Gasteiger partial charge in [0, 0.05) is 41.7 Å². The van der Waals surface area contributed by atoms with Crippen LogP contribution in [0, 0.1) is 6.92 Å². The Morgan fingerprint density at radius 1 is 0.943 bits per heavy atom. The molecule has 0 aliphatic carbocycles. The Morgan fingerprint density at radius 2 is 1.74 bits per heavy atom. The number of imidazole rings is 1. The number of aryl methyl sites for hydroxylation is 2. The number of methoxy groups -OCH3 is 2. The second kappa shape index (κ2) is 9.46. The Morgan fingerprint density at radius 3 is 2.40 bits per heavy atom.